The van der Waals surface area contributed by atoms with Gasteiger partial charge >= 0.3 is 0 Å². The Bertz CT molecular complexity index is 887. The average molecular weight is 431 g/mol. The fourth-order valence-corrected chi connectivity index (χ4v) is 3.71. The van der Waals surface area contributed by atoms with Crippen molar-refractivity contribution in [2.45, 2.75) is 26.3 Å². The standard InChI is InChI=1S/C23H27ClN2O4/c1-23(22(28)25-14-17-5-3-6-20(13-17)29-2)11-4-12-26(16-23)21(27)15-30-19-9-7-18(24)8-10-19/h3,5-10,13H,4,11-12,14-16H2,1-2H3,(H,25,28). The molecule has 1 fully saturated rings. The molecule has 1 N–H and O–H groups in total. The normalized spacial score (nSPS) is 18.6. The van der Waals surface area contributed by atoms with Crippen molar-refractivity contribution in [1.82, 2.24) is 10.2 Å². The molecule has 0 saturated carbocycles. The van der Waals surface area contributed by atoms with Gasteiger partial charge in [-0.15, -0.1) is 0 Å². The zero-order chi connectivity index (χ0) is 21.6. The maximum absolute atomic E-state index is 12.9. The van der Waals surface area contributed by atoms with Crippen LogP contribution in [0, 0.1) is 5.41 Å². The number of halogens is 1. The number of methoxy groups -OCH3 is 1. The first-order valence-electron chi connectivity index (χ1n) is 9.97. The van der Waals surface area contributed by atoms with Gasteiger partial charge in [0.05, 0.1) is 12.5 Å². The lowest BCUT2D eigenvalue weighted by atomic mass is 9.81. The van der Waals surface area contributed by atoms with Crippen molar-refractivity contribution in [3.05, 3.63) is 59.1 Å². The maximum atomic E-state index is 12.9. The zero-order valence-electron chi connectivity index (χ0n) is 17.3. The van der Waals surface area contributed by atoms with Gasteiger partial charge < -0.3 is 19.7 Å². The molecule has 1 aliphatic rings. The maximum Gasteiger partial charge on any atom is 0.260 e. The van der Waals surface area contributed by atoms with Gasteiger partial charge in [-0.3, -0.25) is 9.59 Å². The Morgan fingerprint density at radius 2 is 1.93 bits per heavy atom. The predicted molar refractivity (Wildman–Crippen MR) is 116 cm³/mol. The predicted octanol–water partition coefficient (Wildman–Crippen LogP) is 3.67. The van der Waals surface area contributed by atoms with E-state index in [9.17, 15) is 9.59 Å². The van der Waals surface area contributed by atoms with Crippen LogP contribution in [-0.4, -0.2) is 43.5 Å². The Balaban J connectivity index is 1.54. The third-order valence-electron chi connectivity index (χ3n) is 5.36. The minimum Gasteiger partial charge on any atom is -0.497 e. The van der Waals surface area contributed by atoms with Gasteiger partial charge in [0, 0.05) is 24.7 Å². The highest BCUT2D eigenvalue weighted by atomic mass is 35.5. The Labute approximate surface area is 182 Å². The number of piperidine rings is 1. The van der Waals surface area contributed by atoms with E-state index in [0.29, 0.717) is 30.4 Å². The number of nitrogens with zero attached hydrogens (tertiary/aromatic N) is 1. The SMILES string of the molecule is COc1cccc(CNC(=O)C2(C)CCCN(C(=O)COc3ccc(Cl)cc3)C2)c1. The molecule has 30 heavy (non-hydrogen) atoms. The summed E-state index contributed by atoms with van der Waals surface area (Å²) < 4.78 is 10.8. The zero-order valence-corrected chi connectivity index (χ0v) is 18.1. The summed E-state index contributed by atoms with van der Waals surface area (Å²) in [4.78, 5) is 27.2. The Hall–Kier alpha value is -2.73. The molecule has 0 radical (unpaired) electrons. The number of ether oxygens (including phenoxy) is 2. The van der Waals surface area contributed by atoms with Crippen LogP contribution in [0.4, 0.5) is 0 Å². The van der Waals surface area contributed by atoms with Gasteiger partial charge in [-0.1, -0.05) is 23.7 Å². The second-order valence-electron chi connectivity index (χ2n) is 7.76. The molecule has 2 aromatic carbocycles. The van der Waals surface area contributed by atoms with E-state index < -0.39 is 5.41 Å². The number of carbonyl (C=O) groups excluding carboxylic acids is 2. The second-order valence-corrected chi connectivity index (χ2v) is 8.19. The minimum absolute atomic E-state index is 0.0542. The third-order valence-corrected chi connectivity index (χ3v) is 5.61. The number of nitrogens with one attached hydrogen (secondary N) is 1. The number of hydrogen-bond donors (Lipinski definition) is 1. The monoisotopic (exact) mass is 430 g/mol. The first kappa shape index (κ1) is 22.0. The summed E-state index contributed by atoms with van der Waals surface area (Å²) in [7, 11) is 1.61. The summed E-state index contributed by atoms with van der Waals surface area (Å²) in [6.45, 7) is 3.26. The first-order chi connectivity index (χ1) is 14.4. The van der Waals surface area contributed by atoms with Crippen LogP contribution < -0.4 is 14.8 Å². The molecule has 6 nitrogen and oxygen atoms in total. The van der Waals surface area contributed by atoms with E-state index in [1.54, 1.807) is 36.3 Å². The number of likely N-dealkylation sites (tertiary alicyclic amines) is 1. The van der Waals surface area contributed by atoms with Crippen LogP contribution in [0.2, 0.25) is 5.02 Å². The lowest BCUT2D eigenvalue weighted by Crippen LogP contribution is -2.52. The quantitative estimate of drug-likeness (QED) is 0.727. The summed E-state index contributed by atoms with van der Waals surface area (Å²) in [6, 6.07) is 14.5. The summed E-state index contributed by atoms with van der Waals surface area (Å²) in [5.74, 6) is 1.16. The lowest BCUT2D eigenvalue weighted by Gasteiger charge is -2.39. The average Bonchev–Trinajstić information content (AvgIpc) is 2.77. The van der Waals surface area contributed by atoms with Gasteiger partial charge in [-0.25, -0.2) is 0 Å². The summed E-state index contributed by atoms with van der Waals surface area (Å²) in [6.07, 6.45) is 1.51. The molecular weight excluding hydrogens is 404 g/mol. The number of hydrogen-bond acceptors (Lipinski definition) is 4. The molecule has 3 rings (SSSR count). The molecule has 160 valence electrons. The van der Waals surface area contributed by atoms with Crippen LogP contribution in [0.3, 0.4) is 0 Å². The van der Waals surface area contributed by atoms with Crippen molar-refractivity contribution >= 4 is 23.4 Å². The van der Waals surface area contributed by atoms with Gasteiger partial charge in [0.1, 0.15) is 11.5 Å². The highest BCUT2D eigenvalue weighted by Gasteiger charge is 2.39. The molecule has 2 aromatic rings. The molecule has 0 spiro atoms. The number of amides is 2. The molecule has 1 atom stereocenters. The molecule has 1 aliphatic heterocycles. The second kappa shape index (κ2) is 9.85. The summed E-state index contributed by atoms with van der Waals surface area (Å²) in [5, 5.41) is 3.62. The van der Waals surface area contributed by atoms with E-state index in [1.165, 1.54) is 0 Å². The van der Waals surface area contributed by atoms with E-state index >= 15 is 0 Å². The molecule has 2 amide bonds. The fourth-order valence-electron chi connectivity index (χ4n) is 3.58. The van der Waals surface area contributed by atoms with E-state index in [4.69, 9.17) is 21.1 Å². The number of benzene rings is 2. The van der Waals surface area contributed by atoms with Gasteiger partial charge in [-0.05, 0) is 61.7 Å². The van der Waals surface area contributed by atoms with Crippen molar-refractivity contribution in [2.75, 3.05) is 26.8 Å². The Morgan fingerprint density at radius 3 is 2.67 bits per heavy atom. The lowest BCUT2D eigenvalue weighted by molar-refractivity contribution is -0.142. The third kappa shape index (κ3) is 5.66. The van der Waals surface area contributed by atoms with Gasteiger partial charge in [-0.2, -0.15) is 0 Å². The Morgan fingerprint density at radius 1 is 1.17 bits per heavy atom. The molecule has 0 aromatic heterocycles. The van der Waals surface area contributed by atoms with Gasteiger partial charge in [0.25, 0.3) is 5.91 Å². The molecule has 7 heteroatoms. The molecule has 1 heterocycles. The van der Waals surface area contributed by atoms with E-state index in [-0.39, 0.29) is 18.4 Å². The van der Waals surface area contributed by atoms with Crippen molar-refractivity contribution < 1.29 is 19.1 Å². The molecular formula is C23H27ClN2O4. The van der Waals surface area contributed by atoms with Crippen LogP contribution in [0.25, 0.3) is 0 Å². The van der Waals surface area contributed by atoms with Gasteiger partial charge in [0.2, 0.25) is 5.91 Å². The van der Waals surface area contributed by atoms with Crippen LogP contribution in [0.1, 0.15) is 25.3 Å². The van der Waals surface area contributed by atoms with Crippen LogP contribution in [0.5, 0.6) is 11.5 Å². The minimum atomic E-state index is -0.632. The fraction of sp³-hybridized carbons (Fsp3) is 0.391. The smallest absolute Gasteiger partial charge is 0.260 e. The first-order valence-corrected chi connectivity index (χ1v) is 10.3. The van der Waals surface area contributed by atoms with Crippen LogP contribution >= 0.6 is 11.6 Å². The summed E-state index contributed by atoms with van der Waals surface area (Å²) in [5.41, 5.74) is 0.332. The Kier molecular flexibility index (Phi) is 7.21. The summed E-state index contributed by atoms with van der Waals surface area (Å²) >= 11 is 5.86. The van der Waals surface area contributed by atoms with Crippen molar-refractivity contribution in [3.63, 3.8) is 0 Å². The highest BCUT2D eigenvalue weighted by molar-refractivity contribution is 6.30. The van der Waals surface area contributed by atoms with Gasteiger partial charge in [0.15, 0.2) is 6.61 Å². The number of carbonyl (C=O) groups is 2. The van der Waals surface area contributed by atoms with E-state index in [1.807, 2.05) is 31.2 Å². The largest absolute Gasteiger partial charge is 0.497 e. The van der Waals surface area contributed by atoms with Crippen LogP contribution in [0.15, 0.2) is 48.5 Å². The highest BCUT2D eigenvalue weighted by Crippen LogP contribution is 2.30. The molecule has 0 aliphatic carbocycles. The molecule has 1 unspecified atom stereocenters. The van der Waals surface area contributed by atoms with E-state index in [0.717, 1.165) is 24.2 Å². The van der Waals surface area contributed by atoms with Crippen molar-refractivity contribution in [1.29, 1.82) is 0 Å². The van der Waals surface area contributed by atoms with Crippen molar-refractivity contribution in [3.8, 4) is 11.5 Å². The topological polar surface area (TPSA) is 67.9 Å². The van der Waals surface area contributed by atoms with Crippen LogP contribution in [-0.2, 0) is 16.1 Å². The van der Waals surface area contributed by atoms with E-state index in [2.05, 4.69) is 5.32 Å². The van der Waals surface area contributed by atoms with Crippen molar-refractivity contribution in [2.24, 2.45) is 5.41 Å². The molecule has 1 saturated heterocycles. The number of rotatable bonds is 7. The molecule has 0 bridgehead atoms.